The van der Waals surface area contributed by atoms with Gasteiger partial charge in [0.05, 0.1) is 10.0 Å². The Balaban J connectivity index is 2.40. The van der Waals surface area contributed by atoms with E-state index in [2.05, 4.69) is 9.71 Å². The molecule has 2 rings (SSSR count). The summed E-state index contributed by atoms with van der Waals surface area (Å²) in [5, 5.41) is 0. The lowest BCUT2D eigenvalue weighted by Crippen LogP contribution is -2.14. The zero-order valence-electron chi connectivity index (χ0n) is 8.72. The van der Waals surface area contributed by atoms with Gasteiger partial charge in [-0.2, -0.15) is 0 Å². The maximum absolute atomic E-state index is 12.0. The van der Waals surface area contributed by atoms with Crippen LogP contribution in [0.4, 0.5) is 11.5 Å². The van der Waals surface area contributed by atoms with Gasteiger partial charge in [0.2, 0.25) is 0 Å². The van der Waals surface area contributed by atoms with Crippen molar-refractivity contribution < 1.29 is 8.42 Å². The minimum absolute atomic E-state index is 0.0517. The van der Waals surface area contributed by atoms with Crippen LogP contribution in [0.2, 0.25) is 8.67 Å². The molecule has 0 saturated carbocycles. The van der Waals surface area contributed by atoms with Crippen LogP contribution in [0.15, 0.2) is 29.3 Å². The lowest BCUT2D eigenvalue weighted by Gasteiger charge is -2.07. The first-order chi connectivity index (χ1) is 8.40. The number of halogens is 2. The van der Waals surface area contributed by atoms with Crippen molar-refractivity contribution in [2.45, 2.75) is 4.90 Å². The Morgan fingerprint density at radius 2 is 2.11 bits per heavy atom. The van der Waals surface area contributed by atoms with Gasteiger partial charge in [-0.25, -0.2) is 13.4 Å². The molecule has 96 valence electrons. The second-order valence-corrected chi connectivity index (χ2v) is 7.17. The standard InChI is InChI=1S/C9H7Cl2N3O2S2/c10-7-4-6(8(11)17-7)18(15,16)14-9-5(12)2-1-3-13-9/h1-4H,12H2,(H,13,14). The molecule has 0 spiro atoms. The Morgan fingerprint density at radius 3 is 2.67 bits per heavy atom. The number of hydrogen-bond acceptors (Lipinski definition) is 5. The van der Waals surface area contributed by atoms with E-state index in [4.69, 9.17) is 28.9 Å². The Morgan fingerprint density at radius 1 is 1.39 bits per heavy atom. The van der Waals surface area contributed by atoms with Crippen LogP contribution in [-0.2, 0) is 10.0 Å². The fraction of sp³-hybridized carbons (Fsp3) is 0. The van der Waals surface area contributed by atoms with Crippen LogP contribution in [0.3, 0.4) is 0 Å². The molecular weight excluding hydrogens is 317 g/mol. The molecule has 0 bridgehead atoms. The fourth-order valence-corrected chi connectivity index (χ4v) is 4.38. The first-order valence-corrected chi connectivity index (χ1v) is 7.64. The van der Waals surface area contributed by atoms with Gasteiger partial charge in [-0.3, -0.25) is 4.72 Å². The monoisotopic (exact) mass is 323 g/mol. The predicted octanol–water partition coefficient (Wildman–Crippen LogP) is 2.83. The number of hydrogen-bond donors (Lipinski definition) is 2. The molecule has 0 unspecified atom stereocenters. The van der Waals surface area contributed by atoms with Crippen molar-refractivity contribution in [2.24, 2.45) is 0 Å². The number of nitrogen functional groups attached to an aromatic ring is 1. The Labute approximate surface area is 118 Å². The molecular formula is C9H7Cl2N3O2S2. The quantitative estimate of drug-likeness (QED) is 0.909. The molecule has 0 aliphatic rings. The van der Waals surface area contributed by atoms with Gasteiger partial charge in [0.1, 0.15) is 9.23 Å². The van der Waals surface area contributed by atoms with Crippen LogP contribution < -0.4 is 10.5 Å². The summed E-state index contributed by atoms with van der Waals surface area (Å²) in [6, 6.07) is 4.41. The fourth-order valence-electron chi connectivity index (χ4n) is 1.19. The number of pyridine rings is 1. The summed E-state index contributed by atoms with van der Waals surface area (Å²) in [6.07, 6.45) is 1.43. The molecule has 0 saturated heterocycles. The average molecular weight is 324 g/mol. The van der Waals surface area contributed by atoms with Crippen molar-refractivity contribution >= 4 is 56.1 Å². The minimum Gasteiger partial charge on any atom is -0.396 e. The molecule has 2 aromatic heterocycles. The van der Waals surface area contributed by atoms with Gasteiger partial charge < -0.3 is 5.73 Å². The van der Waals surface area contributed by atoms with Gasteiger partial charge in [0.25, 0.3) is 10.0 Å². The highest BCUT2D eigenvalue weighted by atomic mass is 35.5. The number of nitrogens with two attached hydrogens (primary N) is 1. The number of thiophene rings is 1. The molecule has 0 aliphatic carbocycles. The Kier molecular flexibility index (Phi) is 3.67. The molecule has 2 heterocycles. The molecule has 18 heavy (non-hydrogen) atoms. The number of nitrogens with one attached hydrogen (secondary N) is 1. The van der Waals surface area contributed by atoms with E-state index in [1.54, 1.807) is 6.07 Å². The molecule has 0 aromatic carbocycles. The molecule has 0 aliphatic heterocycles. The highest BCUT2D eigenvalue weighted by molar-refractivity contribution is 7.93. The number of anilines is 2. The van der Waals surface area contributed by atoms with Crippen molar-refractivity contribution in [2.75, 3.05) is 10.5 Å². The van der Waals surface area contributed by atoms with Crippen molar-refractivity contribution in [1.29, 1.82) is 0 Å². The molecule has 2 aromatic rings. The summed E-state index contributed by atoms with van der Waals surface area (Å²) in [7, 11) is -3.84. The van der Waals surface area contributed by atoms with E-state index in [1.165, 1.54) is 18.3 Å². The highest BCUT2D eigenvalue weighted by Crippen LogP contribution is 2.35. The van der Waals surface area contributed by atoms with Gasteiger partial charge in [0.15, 0.2) is 5.82 Å². The van der Waals surface area contributed by atoms with Crippen LogP contribution in [0.5, 0.6) is 0 Å². The minimum atomic E-state index is -3.84. The summed E-state index contributed by atoms with van der Waals surface area (Å²) >= 11 is 12.5. The van der Waals surface area contributed by atoms with Gasteiger partial charge >= 0.3 is 0 Å². The zero-order valence-corrected chi connectivity index (χ0v) is 11.9. The zero-order chi connectivity index (χ0) is 13.3. The first-order valence-electron chi connectivity index (χ1n) is 4.58. The lowest BCUT2D eigenvalue weighted by atomic mass is 10.4. The largest absolute Gasteiger partial charge is 0.396 e. The number of nitrogens with zero attached hydrogens (tertiary/aromatic N) is 1. The van der Waals surface area contributed by atoms with Gasteiger partial charge in [-0.1, -0.05) is 23.2 Å². The molecule has 5 nitrogen and oxygen atoms in total. The van der Waals surface area contributed by atoms with Crippen LogP contribution >= 0.6 is 34.5 Å². The highest BCUT2D eigenvalue weighted by Gasteiger charge is 2.22. The van der Waals surface area contributed by atoms with E-state index in [-0.39, 0.29) is 25.1 Å². The number of aromatic nitrogens is 1. The van der Waals surface area contributed by atoms with E-state index >= 15 is 0 Å². The van der Waals surface area contributed by atoms with Crippen molar-refractivity contribution in [3.63, 3.8) is 0 Å². The summed E-state index contributed by atoms with van der Waals surface area (Å²) in [5.74, 6) is 0.0517. The van der Waals surface area contributed by atoms with Crippen LogP contribution in [0.1, 0.15) is 0 Å². The van der Waals surface area contributed by atoms with Gasteiger partial charge in [-0.15, -0.1) is 11.3 Å². The predicted molar refractivity (Wildman–Crippen MR) is 73.8 cm³/mol. The molecule has 9 heteroatoms. The average Bonchev–Trinajstić information content (AvgIpc) is 2.62. The summed E-state index contributed by atoms with van der Waals surface area (Å²) < 4.78 is 26.7. The molecule has 0 amide bonds. The van der Waals surface area contributed by atoms with Gasteiger partial charge in [-0.05, 0) is 18.2 Å². The van der Waals surface area contributed by atoms with Crippen molar-refractivity contribution in [3.05, 3.63) is 33.1 Å². The second-order valence-electron chi connectivity index (χ2n) is 3.24. The van der Waals surface area contributed by atoms with Crippen LogP contribution in [0.25, 0.3) is 0 Å². The summed E-state index contributed by atoms with van der Waals surface area (Å²) in [5.41, 5.74) is 5.82. The van der Waals surface area contributed by atoms with Crippen LogP contribution in [0, 0.1) is 0 Å². The lowest BCUT2D eigenvalue weighted by molar-refractivity contribution is 0.601. The Hall–Kier alpha value is -1.02. The maximum Gasteiger partial charge on any atom is 0.265 e. The normalized spacial score (nSPS) is 11.4. The van der Waals surface area contributed by atoms with E-state index in [1.807, 2.05) is 0 Å². The first kappa shape index (κ1) is 13.4. The van der Waals surface area contributed by atoms with E-state index < -0.39 is 10.0 Å². The summed E-state index contributed by atoms with van der Waals surface area (Å²) in [4.78, 5) is 3.74. The molecule has 3 N–H and O–H groups in total. The van der Waals surface area contributed by atoms with E-state index in [0.29, 0.717) is 0 Å². The van der Waals surface area contributed by atoms with Gasteiger partial charge in [0, 0.05) is 6.20 Å². The Bertz CT molecular complexity index is 685. The van der Waals surface area contributed by atoms with Crippen LogP contribution in [-0.4, -0.2) is 13.4 Å². The van der Waals surface area contributed by atoms with E-state index in [9.17, 15) is 8.42 Å². The topological polar surface area (TPSA) is 85.1 Å². The summed E-state index contributed by atoms with van der Waals surface area (Å²) in [6.45, 7) is 0. The smallest absolute Gasteiger partial charge is 0.265 e. The molecule has 0 radical (unpaired) electrons. The third-order valence-corrected chi connectivity index (χ3v) is 5.08. The molecule has 0 atom stereocenters. The second kappa shape index (κ2) is 4.93. The van der Waals surface area contributed by atoms with Crippen molar-refractivity contribution in [1.82, 2.24) is 4.98 Å². The molecule has 0 fully saturated rings. The third-order valence-electron chi connectivity index (χ3n) is 1.98. The maximum atomic E-state index is 12.0. The number of sulfonamides is 1. The third kappa shape index (κ3) is 2.69. The number of rotatable bonds is 3. The van der Waals surface area contributed by atoms with E-state index in [0.717, 1.165) is 11.3 Å². The van der Waals surface area contributed by atoms with Crippen molar-refractivity contribution in [3.8, 4) is 0 Å². The SMILES string of the molecule is Nc1cccnc1NS(=O)(=O)c1cc(Cl)sc1Cl.